The quantitative estimate of drug-likeness (QED) is 0.479. The summed E-state index contributed by atoms with van der Waals surface area (Å²) in [5.74, 6) is -3.85. The van der Waals surface area contributed by atoms with Gasteiger partial charge in [-0.2, -0.15) is 0 Å². The van der Waals surface area contributed by atoms with E-state index >= 15 is 0 Å². The van der Waals surface area contributed by atoms with E-state index in [2.05, 4.69) is 5.32 Å². The Balaban J connectivity index is 2.15. The minimum Gasteiger partial charge on any atom is -0.454 e. The van der Waals surface area contributed by atoms with E-state index in [9.17, 15) is 24.0 Å². The summed E-state index contributed by atoms with van der Waals surface area (Å²) in [6.07, 6.45) is 0.501. The number of nitrogens with zero attached hydrogens (tertiary/aromatic N) is 1. The zero-order valence-electron chi connectivity index (χ0n) is 15.1. The maximum Gasteiger partial charge on any atom is 0.330 e. The molecule has 2 rings (SSSR count). The Morgan fingerprint density at radius 1 is 1.15 bits per heavy atom. The van der Waals surface area contributed by atoms with Gasteiger partial charge in [-0.3, -0.25) is 24.1 Å². The molecule has 4 amide bonds. The van der Waals surface area contributed by atoms with Gasteiger partial charge in [0.25, 0.3) is 17.7 Å². The van der Waals surface area contributed by atoms with Gasteiger partial charge in [-0.25, -0.2) is 4.79 Å². The van der Waals surface area contributed by atoms with E-state index in [1.807, 2.05) is 6.92 Å². The minimum absolute atomic E-state index is 0.225. The molecule has 9 nitrogen and oxygen atoms in total. The van der Waals surface area contributed by atoms with Crippen molar-refractivity contribution in [1.82, 2.24) is 10.2 Å². The second-order valence-electron chi connectivity index (χ2n) is 6.21. The van der Waals surface area contributed by atoms with Crippen molar-refractivity contribution in [2.24, 2.45) is 11.7 Å². The molecule has 0 saturated carbocycles. The lowest BCUT2D eigenvalue weighted by molar-refractivity contribution is -0.154. The SMILES string of the molecule is CC[C@H](C)[C@@H](C(=O)OCC(=O)NCC(N)=O)N1C(=O)c2ccccc2C1=O. The predicted octanol–water partition coefficient (Wildman–Crippen LogP) is -0.158. The highest BCUT2D eigenvalue weighted by Gasteiger charge is 2.45. The number of nitrogens with two attached hydrogens (primary N) is 1. The van der Waals surface area contributed by atoms with E-state index in [1.54, 1.807) is 19.1 Å². The maximum atomic E-state index is 12.7. The topological polar surface area (TPSA) is 136 Å². The molecule has 0 bridgehead atoms. The van der Waals surface area contributed by atoms with E-state index in [1.165, 1.54) is 12.1 Å². The zero-order valence-corrected chi connectivity index (χ0v) is 15.1. The lowest BCUT2D eigenvalue weighted by Crippen LogP contribution is -2.49. The first-order chi connectivity index (χ1) is 12.8. The van der Waals surface area contributed by atoms with Crippen molar-refractivity contribution in [3.8, 4) is 0 Å². The van der Waals surface area contributed by atoms with E-state index in [-0.39, 0.29) is 23.6 Å². The molecule has 1 heterocycles. The van der Waals surface area contributed by atoms with Gasteiger partial charge in [-0.15, -0.1) is 0 Å². The van der Waals surface area contributed by atoms with Crippen molar-refractivity contribution in [2.75, 3.05) is 13.2 Å². The van der Waals surface area contributed by atoms with Crippen molar-refractivity contribution < 1.29 is 28.7 Å². The second-order valence-corrected chi connectivity index (χ2v) is 6.21. The average molecular weight is 375 g/mol. The summed E-state index contributed by atoms with van der Waals surface area (Å²) in [4.78, 5) is 61.0. The number of amides is 4. The van der Waals surface area contributed by atoms with Crippen LogP contribution >= 0.6 is 0 Å². The molecule has 1 aliphatic rings. The molecule has 0 fully saturated rings. The summed E-state index contributed by atoms with van der Waals surface area (Å²) in [6, 6.07) is 5.14. The van der Waals surface area contributed by atoms with Crippen LogP contribution in [0.1, 0.15) is 41.0 Å². The van der Waals surface area contributed by atoms with Gasteiger partial charge in [-0.1, -0.05) is 32.4 Å². The number of rotatable bonds is 8. The minimum atomic E-state index is -1.16. The maximum absolute atomic E-state index is 12.7. The van der Waals surface area contributed by atoms with Gasteiger partial charge in [-0.05, 0) is 18.1 Å². The number of carbonyl (C=O) groups is 5. The van der Waals surface area contributed by atoms with Crippen LogP contribution in [0.25, 0.3) is 0 Å². The molecule has 0 spiro atoms. The molecule has 1 aliphatic heterocycles. The molecule has 0 aromatic heterocycles. The summed E-state index contributed by atoms with van der Waals surface area (Å²) in [6.45, 7) is 2.48. The van der Waals surface area contributed by atoms with Crippen LogP contribution in [0.4, 0.5) is 0 Å². The lowest BCUT2D eigenvalue weighted by atomic mass is 9.97. The third kappa shape index (κ3) is 4.30. The van der Waals surface area contributed by atoms with Crippen LogP contribution in [0, 0.1) is 5.92 Å². The van der Waals surface area contributed by atoms with E-state index in [0.717, 1.165) is 4.90 Å². The highest BCUT2D eigenvalue weighted by atomic mass is 16.5. The number of imide groups is 1. The summed E-state index contributed by atoms with van der Waals surface area (Å²) in [5, 5.41) is 2.18. The summed E-state index contributed by atoms with van der Waals surface area (Å²) < 4.78 is 4.98. The third-order valence-corrected chi connectivity index (χ3v) is 4.33. The van der Waals surface area contributed by atoms with Gasteiger partial charge >= 0.3 is 5.97 Å². The molecular weight excluding hydrogens is 354 g/mol. The Labute approximate surface area is 155 Å². The molecule has 0 saturated heterocycles. The Bertz CT molecular complexity index is 756. The van der Waals surface area contributed by atoms with E-state index in [4.69, 9.17) is 10.5 Å². The number of nitrogens with one attached hydrogen (secondary N) is 1. The van der Waals surface area contributed by atoms with Gasteiger partial charge in [0.2, 0.25) is 5.91 Å². The first kappa shape index (κ1) is 20.1. The molecule has 0 aliphatic carbocycles. The molecule has 0 radical (unpaired) electrons. The van der Waals surface area contributed by atoms with Gasteiger partial charge in [0, 0.05) is 0 Å². The molecule has 3 N–H and O–H groups in total. The highest BCUT2D eigenvalue weighted by molar-refractivity contribution is 6.22. The van der Waals surface area contributed by atoms with Gasteiger partial charge in [0.1, 0.15) is 6.04 Å². The Kier molecular flexibility index (Phi) is 6.27. The Morgan fingerprint density at radius 3 is 2.19 bits per heavy atom. The molecule has 1 aromatic carbocycles. The van der Waals surface area contributed by atoms with Crippen molar-refractivity contribution in [1.29, 1.82) is 0 Å². The largest absolute Gasteiger partial charge is 0.454 e. The predicted molar refractivity (Wildman–Crippen MR) is 93.3 cm³/mol. The molecular formula is C18H21N3O6. The van der Waals surface area contributed by atoms with Crippen LogP contribution in [-0.2, 0) is 19.1 Å². The Hall–Kier alpha value is -3.23. The average Bonchev–Trinajstić information content (AvgIpc) is 2.90. The lowest BCUT2D eigenvalue weighted by Gasteiger charge is -2.28. The van der Waals surface area contributed by atoms with E-state index < -0.39 is 42.2 Å². The first-order valence-corrected chi connectivity index (χ1v) is 8.46. The van der Waals surface area contributed by atoms with Gasteiger partial charge < -0.3 is 15.8 Å². The van der Waals surface area contributed by atoms with Crippen molar-refractivity contribution in [3.63, 3.8) is 0 Å². The second kappa shape index (κ2) is 8.43. The zero-order chi connectivity index (χ0) is 20.1. The number of hydrogen-bond acceptors (Lipinski definition) is 6. The number of benzene rings is 1. The molecule has 1 aromatic rings. The van der Waals surface area contributed by atoms with Crippen LogP contribution in [0.2, 0.25) is 0 Å². The highest BCUT2D eigenvalue weighted by Crippen LogP contribution is 2.28. The van der Waals surface area contributed by atoms with Crippen LogP contribution in [-0.4, -0.2) is 53.7 Å². The fraction of sp³-hybridized carbons (Fsp3) is 0.389. The molecule has 2 atom stereocenters. The summed E-state index contributed by atoms with van der Waals surface area (Å²) >= 11 is 0. The Morgan fingerprint density at radius 2 is 1.70 bits per heavy atom. The fourth-order valence-corrected chi connectivity index (χ4v) is 2.73. The van der Waals surface area contributed by atoms with E-state index in [0.29, 0.717) is 6.42 Å². The van der Waals surface area contributed by atoms with Crippen LogP contribution in [0.15, 0.2) is 24.3 Å². The molecule has 0 unspecified atom stereocenters. The number of carbonyl (C=O) groups excluding carboxylic acids is 5. The number of esters is 1. The fourth-order valence-electron chi connectivity index (χ4n) is 2.73. The number of fused-ring (bicyclic) bond motifs is 1. The van der Waals surface area contributed by atoms with Crippen molar-refractivity contribution in [3.05, 3.63) is 35.4 Å². The molecule has 9 heteroatoms. The standard InChI is InChI=1S/C18H21N3O6/c1-3-10(2)15(18(26)27-9-14(23)20-8-13(19)22)21-16(24)11-6-4-5-7-12(11)17(21)25/h4-7,10,15H,3,8-9H2,1-2H3,(H2,19,22)(H,20,23)/t10-,15-/m0/s1. The number of primary amides is 1. The summed E-state index contributed by atoms with van der Waals surface area (Å²) in [5.41, 5.74) is 5.36. The van der Waals surface area contributed by atoms with Gasteiger partial charge in [0.05, 0.1) is 17.7 Å². The molecule has 144 valence electrons. The number of hydrogen-bond donors (Lipinski definition) is 2. The monoisotopic (exact) mass is 375 g/mol. The normalized spacial score (nSPS) is 15.1. The van der Waals surface area contributed by atoms with Crippen molar-refractivity contribution >= 4 is 29.6 Å². The van der Waals surface area contributed by atoms with Crippen LogP contribution in [0.3, 0.4) is 0 Å². The third-order valence-electron chi connectivity index (χ3n) is 4.33. The molecule has 27 heavy (non-hydrogen) atoms. The van der Waals surface area contributed by atoms with Gasteiger partial charge in [0.15, 0.2) is 6.61 Å². The first-order valence-electron chi connectivity index (χ1n) is 8.46. The van der Waals surface area contributed by atoms with Crippen LogP contribution in [0.5, 0.6) is 0 Å². The van der Waals surface area contributed by atoms with Crippen molar-refractivity contribution in [2.45, 2.75) is 26.3 Å². The summed E-state index contributed by atoms with van der Waals surface area (Å²) in [7, 11) is 0. The van der Waals surface area contributed by atoms with Crippen LogP contribution < -0.4 is 11.1 Å². The smallest absolute Gasteiger partial charge is 0.330 e. The number of ether oxygens (including phenoxy) is 1.